The molecule has 1 aromatic rings. The van der Waals surface area contributed by atoms with E-state index in [2.05, 4.69) is 17.6 Å². The van der Waals surface area contributed by atoms with Crippen LogP contribution in [0.1, 0.15) is 43.0 Å². The molecule has 2 rings (SSSR count). The van der Waals surface area contributed by atoms with Gasteiger partial charge in [-0.05, 0) is 37.0 Å². The topological polar surface area (TPSA) is 93.7 Å². The van der Waals surface area contributed by atoms with E-state index < -0.39 is 30.3 Å². The predicted molar refractivity (Wildman–Crippen MR) is 91.3 cm³/mol. The normalized spacial score (nSPS) is 19.3. The number of benzene rings is 1. The van der Waals surface area contributed by atoms with Crippen LogP contribution < -0.4 is 15.4 Å². The van der Waals surface area contributed by atoms with Gasteiger partial charge in [0, 0.05) is 6.04 Å². The molecule has 142 valence electrons. The number of rotatable bonds is 5. The van der Waals surface area contributed by atoms with Gasteiger partial charge in [-0.15, -0.1) is 0 Å². The third-order valence-corrected chi connectivity index (χ3v) is 4.40. The maximum atomic E-state index is 13.6. The molecule has 0 aromatic heterocycles. The maximum absolute atomic E-state index is 13.6. The van der Waals surface area contributed by atoms with Crippen molar-refractivity contribution in [2.75, 3.05) is 13.7 Å². The Morgan fingerprint density at radius 3 is 2.62 bits per heavy atom. The first-order chi connectivity index (χ1) is 12.4. The van der Waals surface area contributed by atoms with Gasteiger partial charge in [-0.1, -0.05) is 19.8 Å². The average Bonchev–Trinajstić information content (AvgIpc) is 2.61. The summed E-state index contributed by atoms with van der Waals surface area (Å²) < 4.78 is 23.1. The van der Waals surface area contributed by atoms with Gasteiger partial charge in [0.05, 0.1) is 12.7 Å². The number of methoxy groups -OCH3 is 1. The van der Waals surface area contributed by atoms with Crippen molar-refractivity contribution >= 4 is 17.9 Å². The first-order valence-corrected chi connectivity index (χ1v) is 8.51. The summed E-state index contributed by atoms with van der Waals surface area (Å²) in [5, 5.41) is 4.89. The molecule has 1 aliphatic rings. The van der Waals surface area contributed by atoms with Gasteiger partial charge in [-0.2, -0.15) is 0 Å². The van der Waals surface area contributed by atoms with Gasteiger partial charge in [0.1, 0.15) is 0 Å². The van der Waals surface area contributed by atoms with Crippen LogP contribution in [0.5, 0.6) is 5.75 Å². The minimum absolute atomic E-state index is 0.00657. The second-order valence-corrected chi connectivity index (χ2v) is 6.32. The standard InChI is InChI=1S/C18H23FN2O5/c1-11-5-3-4-6-14(11)20-18(24)21-16(22)10-26-17(23)12-7-8-15(25-2)13(19)9-12/h7-9,11,14H,3-6,10H2,1-2H3,(H2,20,21,22,24)/t11-,14-/m0/s1. The quantitative estimate of drug-likeness (QED) is 0.781. The Labute approximate surface area is 151 Å². The van der Waals surface area contributed by atoms with Gasteiger partial charge in [0.15, 0.2) is 18.2 Å². The number of nitrogens with one attached hydrogen (secondary N) is 2. The molecule has 1 aromatic carbocycles. The van der Waals surface area contributed by atoms with E-state index in [-0.39, 0.29) is 17.4 Å². The molecule has 0 unspecified atom stereocenters. The van der Waals surface area contributed by atoms with Gasteiger partial charge < -0.3 is 14.8 Å². The molecule has 8 heteroatoms. The van der Waals surface area contributed by atoms with Crippen molar-refractivity contribution in [2.45, 2.75) is 38.6 Å². The molecule has 1 aliphatic carbocycles. The number of urea groups is 1. The molecule has 1 fully saturated rings. The minimum Gasteiger partial charge on any atom is -0.494 e. The fourth-order valence-corrected chi connectivity index (χ4v) is 2.91. The lowest BCUT2D eigenvalue weighted by Gasteiger charge is -2.29. The van der Waals surface area contributed by atoms with Gasteiger partial charge in [0.25, 0.3) is 5.91 Å². The number of amides is 3. The second-order valence-electron chi connectivity index (χ2n) is 6.32. The number of ether oxygens (including phenoxy) is 2. The number of hydrogen-bond donors (Lipinski definition) is 2. The van der Waals surface area contributed by atoms with E-state index in [0.29, 0.717) is 5.92 Å². The van der Waals surface area contributed by atoms with Crippen molar-refractivity contribution in [3.63, 3.8) is 0 Å². The molecule has 7 nitrogen and oxygen atoms in total. The van der Waals surface area contributed by atoms with Crippen LogP contribution in [0.25, 0.3) is 0 Å². The SMILES string of the molecule is COc1ccc(C(=O)OCC(=O)NC(=O)N[C@H]2CCCC[C@@H]2C)cc1F. The molecule has 3 amide bonds. The fourth-order valence-electron chi connectivity index (χ4n) is 2.91. The van der Waals surface area contributed by atoms with Gasteiger partial charge >= 0.3 is 12.0 Å². The van der Waals surface area contributed by atoms with Crippen LogP contribution in [-0.4, -0.2) is 37.7 Å². The van der Waals surface area contributed by atoms with E-state index >= 15 is 0 Å². The van der Waals surface area contributed by atoms with Gasteiger partial charge in [-0.3, -0.25) is 10.1 Å². The van der Waals surface area contributed by atoms with E-state index in [1.807, 2.05) is 0 Å². The summed E-state index contributed by atoms with van der Waals surface area (Å²) >= 11 is 0. The van der Waals surface area contributed by atoms with Crippen molar-refractivity contribution in [1.29, 1.82) is 0 Å². The Morgan fingerprint density at radius 1 is 1.23 bits per heavy atom. The highest BCUT2D eigenvalue weighted by Gasteiger charge is 2.23. The Kier molecular flexibility index (Phi) is 6.94. The third-order valence-electron chi connectivity index (χ3n) is 4.40. The molecule has 0 spiro atoms. The number of halogens is 1. The molecular formula is C18H23FN2O5. The Hall–Kier alpha value is -2.64. The van der Waals surface area contributed by atoms with E-state index in [1.54, 1.807) is 0 Å². The number of esters is 1. The van der Waals surface area contributed by atoms with E-state index in [1.165, 1.54) is 19.2 Å². The van der Waals surface area contributed by atoms with E-state index in [4.69, 9.17) is 9.47 Å². The van der Waals surface area contributed by atoms with Gasteiger partial charge in [-0.25, -0.2) is 14.0 Å². The number of imide groups is 1. The zero-order chi connectivity index (χ0) is 19.1. The third kappa shape index (κ3) is 5.44. The second kappa shape index (κ2) is 9.17. The Morgan fingerprint density at radius 2 is 1.96 bits per heavy atom. The van der Waals surface area contributed by atoms with Crippen LogP contribution in [0.2, 0.25) is 0 Å². The molecule has 1 saturated carbocycles. The van der Waals surface area contributed by atoms with E-state index in [9.17, 15) is 18.8 Å². The summed E-state index contributed by atoms with van der Waals surface area (Å²) in [6, 6.07) is 2.97. The molecule has 0 radical (unpaired) electrons. The van der Waals surface area contributed by atoms with Crippen LogP contribution in [0.15, 0.2) is 18.2 Å². The largest absolute Gasteiger partial charge is 0.494 e. The van der Waals surface area contributed by atoms with Crippen LogP contribution in [-0.2, 0) is 9.53 Å². The summed E-state index contributed by atoms with van der Waals surface area (Å²) in [5.41, 5.74) is -0.0587. The van der Waals surface area contributed by atoms with Crippen molar-refractivity contribution in [1.82, 2.24) is 10.6 Å². The summed E-state index contributed by atoms with van der Waals surface area (Å²) in [6.07, 6.45) is 4.09. The molecule has 26 heavy (non-hydrogen) atoms. The van der Waals surface area contributed by atoms with Crippen LogP contribution in [0.3, 0.4) is 0 Å². The zero-order valence-corrected chi connectivity index (χ0v) is 14.8. The number of carbonyl (C=O) groups excluding carboxylic acids is 3. The molecule has 0 heterocycles. The Balaban J connectivity index is 1.77. The Bertz CT molecular complexity index is 680. The lowest BCUT2D eigenvalue weighted by molar-refractivity contribution is -0.123. The molecule has 0 aliphatic heterocycles. The van der Waals surface area contributed by atoms with Crippen LogP contribution in [0.4, 0.5) is 9.18 Å². The van der Waals surface area contributed by atoms with Crippen molar-refractivity contribution < 1.29 is 28.2 Å². The highest BCUT2D eigenvalue weighted by Crippen LogP contribution is 2.23. The number of hydrogen-bond acceptors (Lipinski definition) is 5. The molecular weight excluding hydrogens is 343 g/mol. The first-order valence-electron chi connectivity index (χ1n) is 8.51. The number of carbonyl (C=O) groups is 3. The van der Waals surface area contributed by atoms with Crippen LogP contribution in [0, 0.1) is 11.7 Å². The predicted octanol–water partition coefficient (Wildman–Crippen LogP) is 2.40. The summed E-state index contributed by atoms with van der Waals surface area (Å²) in [4.78, 5) is 35.4. The van der Waals surface area contributed by atoms with Crippen molar-refractivity contribution in [2.24, 2.45) is 5.92 Å². The lowest BCUT2D eigenvalue weighted by atomic mass is 9.86. The highest BCUT2D eigenvalue weighted by molar-refractivity contribution is 5.97. The van der Waals surface area contributed by atoms with Crippen molar-refractivity contribution in [3.8, 4) is 5.75 Å². The van der Waals surface area contributed by atoms with Gasteiger partial charge in [0.2, 0.25) is 0 Å². The summed E-state index contributed by atoms with van der Waals surface area (Å²) in [7, 11) is 1.31. The minimum atomic E-state index is -0.872. The van der Waals surface area contributed by atoms with Crippen LogP contribution >= 0.6 is 0 Å². The molecule has 2 atom stereocenters. The summed E-state index contributed by atoms with van der Waals surface area (Å²) in [5.74, 6) is -2.00. The highest BCUT2D eigenvalue weighted by atomic mass is 19.1. The lowest BCUT2D eigenvalue weighted by Crippen LogP contribution is -2.48. The molecule has 0 bridgehead atoms. The first kappa shape index (κ1) is 19.7. The smallest absolute Gasteiger partial charge is 0.338 e. The monoisotopic (exact) mass is 366 g/mol. The average molecular weight is 366 g/mol. The molecule has 0 saturated heterocycles. The van der Waals surface area contributed by atoms with E-state index in [0.717, 1.165) is 31.7 Å². The molecule has 2 N–H and O–H groups in total. The summed E-state index contributed by atoms with van der Waals surface area (Å²) in [6.45, 7) is 1.42. The maximum Gasteiger partial charge on any atom is 0.338 e. The zero-order valence-electron chi connectivity index (χ0n) is 14.8. The fraction of sp³-hybridized carbons (Fsp3) is 0.500. The van der Waals surface area contributed by atoms with Crippen molar-refractivity contribution in [3.05, 3.63) is 29.6 Å².